The zero-order chi connectivity index (χ0) is 12.3. The molecule has 0 aromatic carbocycles. The first-order chi connectivity index (χ1) is 6.83. The van der Waals surface area contributed by atoms with Gasteiger partial charge in [-0.1, -0.05) is 13.3 Å². The fourth-order valence-corrected chi connectivity index (χ4v) is 0.916. The van der Waals surface area contributed by atoms with Crippen LogP contribution in [0, 0.1) is 0 Å². The molecule has 8 heteroatoms. The zero-order valence-corrected chi connectivity index (χ0v) is 9.61. The van der Waals surface area contributed by atoms with Crippen LogP contribution in [-0.4, -0.2) is 40.2 Å². The lowest BCUT2D eigenvalue weighted by atomic mass is 10.3. The highest BCUT2D eigenvalue weighted by Gasteiger charge is 2.11. The minimum atomic E-state index is -4.10. The van der Waals surface area contributed by atoms with Crippen molar-refractivity contribution in [2.45, 2.75) is 19.8 Å². The predicted octanol–water partition coefficient (Wildman–Crippen LogP) is -0.459. The van der Waals surface area contributed by atoms with Gasteiger partial charge < -0.3 is 20.6 Å². The van der Waals surface area contributed by atoms with Crippen molar-refractivity contribution in [2.24, 2.45) is 5.73 Å². The molecule has 0 rings (SSSR count). The Morgan fingerprint density at radius 1 is 1.47 bits per heavy atom. The first kappa shape index (κ1) is 17.0. The van der Waals surface area contributed by atoms with Crippen molar-refractivity contribution in [1.82, 2.24) is 5.32 Å². The maximum Gasteiger partial charge on any atom is 0.339 e. The number of carbonyl (C=O) groups is 1. The minimum Gasteiger partial charge on any atom is -0.480 e. The van der Waals surface area contributed by atoms with Gasteiger partial charge in [0.1, 0.15) is 0 Å². The molecule has 0 aliphatic carbocycles. The van der Waals surface area contributed by atoms with Gasteiger partial charge in [-0.2, -0.15) is 0 Å². The van der Waals surface area contributed by atoms with E-state index in [1.165, 1.54) is 12.8 Å². The third-order valence-electron chi connectivity index (χ3n) is 1.15. The summed E-state index contributed by atoms with van der Waals surface area (Å²) in [5, 5.41) is 10.1. The Morgan fingerprint density at radius 2 is 2.00 bits per heavy atom. The smallest absolute Gasteiger partial charge is 0.339 e. The van der Waals surface area contributed by atoms with Gasteiger partial charge in [0, 0.05) is 0 Å². The number of hydrogen-bond acceptors (Lipinski definition) is 4. The summed E-state index contributed by atoms with van der Waals surface area (Å²) < 4.78 is 10.1. The van der Waals surface area contributed by atoms with Crippen LogP contribution in [-0.2, 0) is 9.36 Å². The number of carboxylic acid groups (broad SMARTS) is 1. The number of nitrogens with one attached hydrogen (secondary N) is 1. The molecule has 6 N–H and O–H groups in total. The Balaban J connectivity index is 0. The molecule has 0 fully saturated rings. The molecule has 0 amide bonds. The van der Waals surface area contributed by atoms with Crippen LogP contribution in [0.3, 0.4) is 0 Å². The van der Waals surface area contributed by atoms with Gasteiger partial charge in [0.25, 0.3) is 0 Å². The van der Waals surface area contributed by atoms with Gasteiger partial charge in [0.15, 0.2) is 0 Å². The normalized spacial score (nSPS) is 10.4. The lowest BCUT2D eigenvalue weighted by molar-refractivity contribution is -0.135. The van der Waals surface area contributed by atoms with Crippen molar-refractivity contribution in [1.29, 1.82) is 0 Å². The third kappa shape index (κ3) is 24.7. The summed E-state index contributed by atoms with van der Waals surface area (Å²) in [5.41, 5.74) is 5.14. The van der Waals surface area contributed by atoms with Gasteiger partial charge >= 0.3 is 13.6 Å². The van der Waals surface area contributed by atoms with E-state index in [-0.39, 0.29) is 0 Å². The second-order valence-electron chi connectivity index (χ2n) is 2.79. The molecule has 0 radical (unpaired) electrons. The van der Waals surface area contributed by atoms with Crippen molar-refractivity contribution in [2.75, 3.05) is 19.4 Å². The van der Waals surface area contributed by atoms with Crippen molar-refractivity contribution in [3.63, 3.8) is 0 Å². The molecule has 0 saturated carbocycles. The van der Waals surface area contributed by atoms with Crippen LogP contribution in [0.2, 0.25) is 0 Å². The topological polar surface area (TPSA) is 133 Å². The molecule has 92 valence electrons. The van der Waals surface area contributed by atoms with Crippen LogP contribution < -0.4 is 11.1 Å². The maximum absolute atomic E-state index is 10.1. The molecule has 0 unspecified atom stereocenters. The molecule has 0 spiro atoms. The third-order valence-corrected chi connectivity index (χ3v) is 1.79. The van der Waals surface area contributed by atoms with Crippen LogP contribution in [0.15, 0.2) is 0 Å². The molecule has 0 aromatic heterocycles. The van der Waals surface area contributed by atoms with Crippen LogP contribution >= 0.6 is 7.60 Å². The summed E-state index contributed by atoms with van der Waals surface area (Å²) in [6.45, 7) is 2.54. The second kappa shape index (κ2) is 10.1. The maximum atomic E-state index is 10.1. The molecule has 0 aliphatic heterocycles. The van der Waals surface area contributed by atoms with Gasteiger partial charge in [0.05, 0.1) is 12.8 Å². The second-order valence-corrected chi connectivity index (χ2v) is 4.43. The predicted molar refractivity (Wildman–Crippen MR) is 56.5 cm³/mol. The number of nitrogens with two attached hydrogens (primary N) is 1. The molecule has 0 aromatic rings. The average molecular weight is 242 g/mol. The first-order valence-corrected chi connectivity index (χ1v) is 6.30. The fourth-order valence-electron chi connectivity index (χ4n) is 0.513. The van der Waals surface area contributed by atoms with E-state index in [0.717, 1.165) is 6.54 Å². The van der Waals surface area contributed by atoms with E-state index in [9.17, 15) is 9.36 Å². The van der Waals surface area contributed by atoms with E-state index in [0.29, 0.717) is 0 Å². The SMILES string of the molecule is CCCCN.O=C(O)CNCP(=O)(O)O. The molecule has 0 saturated heterocycles. The lowest BCUT2D eigenvalue weighted by Crippen LogP contribution is -2.23. The monoisotopic (exact) mass is 242 g/mol. The zero-order valence-electron chi connectivity index (χ0n) is 8.72. The number of hydrogen-bond donors (Lipinski definition) is 5. The summed E-state index contributed by atoms with van der Waals surface area (Å²) in [5.74, 6) is -1.14. The number of aliphatic carboxylic acids is 1. The summed E-state index contributed by atoms with van der Waals surface area (Å²) in [4.78, 5) is 26.1. The largest absolute Gasteiger partial charge is 0.480 e. The van der Waals surface area contributed by atoms with E-state index < -0.39 is 26.4 Å². The molecule has 15 heavy (non-hydrogen) atoms. The number of carboxylic acids is 1. The minimum absolute atomic E-state index is 0.439. The molecule has 0 atom stereocenters. The van der Waals surface area contributed by atoms with Crippen molar-refractivity contribution >= 4 is 13.6 Å². The lowest BCUT2D eigenvalue weighted by Gasteiger charge is -2.02. The highest BCUT2D eigenvalue weighted by molar-refractivity contribution is 7.51. The number of rotatable bonds is 6. The van der Waals surface area contributed by atoms with E-state index in [4.69, 9.17) is 20.6 Å². The van der Waals surface area contributed by atoms with Gasteiger partial charge in [0.2, 0.25) is 0 Å². The molecule has 0 aliphatic rings. The van der Waals surface area contributed by atoms with E-state index in [2.05, 4.69) is 12.2 Å². The molecular formula is C7H19N2O5P. The summed E-state index contributed by atoms with van der Waals surface area (Å²) >= 11 is 0. The van der Waals surface area contributed by atoms with Gasteiger partial charge in [-0.3, -0.25) is 14.7 Å². The Morgan fingerprint density at radius 3 is 2.20 bits per heavy atom. The Bertz CT molecular complexity index is 204. The highest BCUT2D eigenvalue weighted by atomic mass is 31.2. The summed E-state index contributed by atoms with van der Waals surface area (Å²) in [6.07, 6.45) is 1.79. The Kier molecular flexibility index (Phi) is 11.4. The van der Waals surface area contributed by atoms with Crippen molar-refractivity contribution in [3.05, 3.63) is 0 Å². The average Bonchev–Trinajstić information content (AvgIpc) is 2.03. The van der Waals surface area contributed by atoms with Gasteiger partial charge in [-0.15, -0.1) is 0 Å². The van der Waals surface area contributed by atoms with Crippen molar-refractivity contribution in [3.8, 4) is 0 Å². The Labute approximate surface area is 88.8 Å². The summed E-state index contributed by atoms with van der Waals surface area (Å²) in [7, 11) is -4.10. The molecule has 7 nitrogen and oxygen atoms in total. The molecular weight excluding hydrogens is 223 g/mol. The van der Waals surface area contributed by atoms with Gasteiger partial charge in [-0.25, -0.2) is 0 Å². The van der Waals surface area contributed by atoms with E-state index in [1.54, 1.807) is 0 Å². The standard InChI is InChI=1S/C4H11N.C3H8NO5P/c1-2-3-4-5;5-3(6)1-4-2-10(7,8)9/h2-5H2,1H3;4H,1-2H2,(H,5,6)(H2,7,8,9). The Hall–Kier alpha value is -0.460. The summed E-state index contributed by atoms with van der Waals surface area (Å²) in [6, 6.07) is 0. The van der Waals surface area contributed by atoms with Crippen LogP contribution in [0.25, 0.3) is 0 Å². The van der Waals surface area contributed by atoms with E-state index >= 15 is 0 Å². The first-order valence-electron chi connectivity index (χ1n) is 4.50. The molecule has 0 heterocycles. The van der Waals surface area contributed by atoms with Gasteiger partial charge in [-0.05, 0) is 13.0 Å². The quantitative estimate of drug-likeness (QED) is 0.398. The molecule has 0 bridgehead atoms. The number of unbranched alkanes of at least 4 members (excludes halogenated alkanes) is 1. The highest BCUT2D eigenvalue weighted by Crippen LogP contribution is 2.31. The van der Waals surface area contributed by atoms with Crippen LogP contribution in [0.5, 0.6) is 0 Å². The van der Waals surface area contributed by atoms with E-state index in [1.807, 2.05) is 0 Å². The van der Waals surface area contributed by atoms with Crippen LogP contribution in [0.4, 0.5) is 0 Å². The van der Waals surface area contributed by atoms with Crippen molar-refractivity contribution < 1.29 is 24.3 Å². The fraction of sp³-hybridized carbons (Fsp3) is 0.857. The van der Waals surface area contributed by atoms with Crippen LogP contribution in [0.1, 0.15) is 19.8 Å².